The third-order valence-corrected chi connectivity index (χ3v) is 3.41. The Hall–Kier alpha value is -3.21. The summed E-state index contributed by atoms with van der Waals surface area (Å²) in [7, 11) is 0. The number of amides is 2. The van der Waals surface area contributed by atoms with E-state index in [-0.39, 0.29) is 11.5 Å². The van der Waals surface area contributed by atoms with Crippen molar-refractivity contribution in [3.8, 4) is 0 Å². The van der Waals surface area contributed by atoms with Crippen LogP contribution in [0.3, 0.4) is 0 Å². The summed E-state index contributed by atoms with van der Waals surface area (Å²) in [6.07, 6.45) is 3.49. The summed E-state index contributed by atoms with van der Waals surface area (Å²) in [4.78, 5) is 34.2. The van der Waals surface area contributed by atoms with Crippen molar-refractivity contribution in [3.63, 3.8) is 0 Å². The molecular formula is C17H11NO4. The van der Waals surface area contributed by atoms with Gasteiger partial charge < -0.3 is 5.11 Å². The van der Waals surface area contributed by atoms with Crippen LogP contribution >= 0.6 is 0 Å². The van der Waals surface area contributed by atoms with Gasteiger partial charge in [0, 0.05) is 0 Å². The van der Waals surface area contributed by atoms with Crippen molar-refractivity contribution in [1.82, 2.24) is 5.32 Å². The molecule has 0 spiro atoms. The molecule has 108 valence electrons. The Kier molecular flexibility index (Phi) is 3.31. The minimum atomic E-state index is -0.980. The van der Waals surface area contributed by atoms with Crippen LogP contribution in [0, 0.1) is 0 Å². The minimum absolute atomic E-state index is 0.211. The van der Waals surface area contributed by atoms with Crippen molar-refractivity contribution >= 4 is 29.9 Å². The van der Waals surface area contributed by atoms with Gasteiger partial charge in [0.1, 0.15) is 0 Å². The number of carbonyl (C=O) groups excluding carboxylic acids is 2. The van der Waals surface area contributed by atoms with E-state index in [2.05, 4.69) is 5.32 Å². The smallest absolute Gasteiger partial charge is 0.335 e. The van der Waals surface area contributed by atoms with Crippen LogP contribution in [0.15, 0.2) is 42.5 Å². The zero-order valence-corrected chi connectivity index (χ0v) is 11.4. The van der Waals surface area contributed by atoms with Crippen LogP contribution in [-0.2, 0) is 0 Å². The molecule has 0 bridgehead atoms. The van der Waals surface area contributed by atoms with Crippen molar-refractivity contribution in [1.29, 1.82) is 0 Å². The molecule has 5 heteroatoms. The van der Waals surface area contributed by atoms with Crippen molar-refractivity contribution < 1.29 is 19.5 Å². The van der Waals surface area contributed by atoms with Gasteiger partial charge in [0.25, 0.3) is 11.8 Å². The molecule has 2 aromatic rings. The summed E-state index contributed by atoms with van der Waals surface area (Å²) >= 11 is 0. The van der Waals surface area contributed by atoms with E-state index < -0.39 is 11.9 Å². The standard InChI is InChI=1S/C17H11NO4/c19-15-13-3-1-2-11(14(13)16(20)18-15)7-4-10-5-8-12(9-6-10)17(21)22/h1-9H,(H,21,22)(H,18,19,20)/b7-4+. The number of carboxylic acids is 1. The molecule has 5 nitrogen and oxygen atoms in total. The van der Waals surface area contributed by atoms with E-state index >= 15 is 0 Å². The monoisotopic (exact) mass is 293 g/mol. The van der Waals surface area contributed by atoms with Crippen LogP contribution in [0.2, 0.25) is 0 Å². The number of rotatable bonds is 3. The maximum Gasteiger partial charge on any atom is 0.335 e. The molecule has 0 aromatic heterocycles. The van der Waals surface area contributed by atoms with E-state index in [9.17, 15) is 14.4 Å². The first-order chi connectivity index (χ1) is 10.6. The Labute approximate surface area is 125 Å². The Bertz CT molecular complexity index is 819. The van der Waals surface area contributed by atoms with Crippen LogP contribution < -0.4 is 5.32 Å². The highest BCUT2D eigenvalue weighted by molar-refractivity contribution is 6.23. The van der Waals surface area contributed by atoms with E-state index in [4.69, 9.17) is 5.11 Å². The maximum absolute atomic E-state index is 11.8. The van der Waals surface area contributed by atoms with Gasteiger partial charge >= 0.3 is 5.97 Å². The van der Waals surface area contributed by atoms with Crippen LogP contribution in [0.4, 0.5) is 0 Å². The highest BCUT2D eigenvalue weighted by Gasteiger charge is 2.28. The summed E-state index contributed by atoms with van der Waals surface area (Å²) in [6.45, 7) is 0. The summed E-state index contributed by atoms with van der Waals surface area (Å²) < 4.78 is 0. The first kappa shape index (κ1) is 13.8. The predicted octanol–water partition coefficient (Wildman–Crippen LogP) is 2.44. The topological polar surface area (TPSA) is 83.5 Å². The van der Waals surface area contributed by atoms with Crippen molar-refractivity contribution in [2.45, 2.75) is 0 Å². The van der Waals surface area contributed by atoms with E-state index in [1.807, 2.05) is 0 Å². The first-order valence-corrected chi connectivity index (χ1v) is 6.56. The van der Waals surface area contributed by atoms with Gasteiger partial charge in [-0.05, 0) is 29.3 Å². The normalized spacial score (nSPS) is 13.3. The van der Waals surface area contributed by atoms with Crippen LogP contribution in [-0.4, -0.2) is 22.9 Å². The molecule has 1 aliphatic rings. The number of hydrogen-bond acceptors (Lipinski definition) is 3. The van der Waals surface area contributed by atoms with Gasteiger partial charge in [-0.1, -0.05) is 36.4 Å². The Morgan fingerprint density at radius 3 is 2.36 bits per heavy atom. The Balaban J connectivity index is 1.92. The molecule has 2 aromatic carbocycles. The molecule has 0 saturated carbocycles. The lowest BCUT2D eigenvalue weighted by Crippen LogP contribution is -2.20. The van der Waals surface area contributed by atoms with Gasteiger partial charge in [0.2, 0.25) is 0 Å². The van der Waals surface area contributed by atoms with E-state index in [0.29, 0.717) is 16.7 Å². The number of carbonyl (C=O) groups is 3. The number of imide groups is 1. The largest absolute Gasteiger partial charge is 0.478 e. The maximum atomic E-state index is 11.8. The Morgan fingerprint density at radius 2 is 1.68 bits per heavy atom. The zero-order valence-electron chi connectivity index (χ0n) is 11.4. The highest BCUT2D eigenvalue weighted by Crippen LogP contribution is 2.22. The molecule has 2 N–H and O–H groups in total. The van der Waals surface area contributed by atoms with Crippen LogP contribution in [0.5, 0.6) is 0 Å². The summed E-state index contributed by atoms with van der Waals surface area (Å²) in [5.41, 5.74) is 2.39. The SMILES string of the molecule is O=C(O)c1ccc(/C=C/c2cccc3c2C(=O)NC3=O)cc1. The summed E-state index contributed by atoms with van der Waals surface area (Å²) in [5, 5.41) is 11.1. The van der Waals surface area contributed by atoms with Crippen molar-refractivity contribution in [2.24, 2.45) is 0 Å². The fourth-order valence-corrected chi connectivity index (χ4v) is 2.31. The zero-order chi connectivity index (χ0) is 15.7. The third-order valence-electron chi connectivity index (χ3n) is 3.41. The molecule has 0 radical (unpaired) electrons. The first-order valence-electron chi connectivity index (χ1n) is 6.56. The number of aromatic carboxylic acids is 1. The lowest BCUT2D eigenvalue weighted by molar-refractivity contribution is 0.0696. The van der Waals surface area contributed by atoms with Gasteiger partial charge in [-0.3, -0.25) is 14.9 Å². The summed E-state index contributed by atoms with van der Waals surface area (Å²) in [5.74, 6) is -1.77. The second kappa shape index (κ2) is 5.29. The third kappa shape index (κ3) is 2.40. The van der Waals surface area contributed by atoms with Crippen molar-refractivity contribution in [2.75, 3.05) is 0 Å². The number of hydrogen-bond donors (Lipinski definition) is 2. The molecule has 22 heavy (non-hydrogen) atoms. The van der Waals surface area contributed by atoms with E-state index in [1.54, 1.807) is 42.5 Å². The number of carboxylic acid groups (broad SMARTS) is 1. The fraction of sp³-hybridized carbons (Fsp3) is 0. The molecule has 0 fully saturated rings. The molecule has 2 amide bonds. The molecule has 3 rings (SSSR count). The molecule has 0 aliphatic carbocycles. The quantitative estimate of drug-likeness (QED) is 0.672. The Morgan fingerprint density at radius 1 is 0.955 bits per heavy atom. The van der Waals surface area contributed by atoms with Gasteiger partial charge in [0.15, 0.2) is 0 Å². The number of nitrogens with one attached hydrogen (secondary N) is 1. The number of benzene rings is 2. The molecule has 1 aliphatic heterocycles. The van der Waals surface area contributed by atoms with Gasteiger partial charge in [-0.2, -0.15) is 0 Å². The molecular weight excluding hydrogens is 282 g/mol. The van der Waals surface area contributed by atoms with E-state index in [0.717, 1.165) is 5.56 Å². The highest BCUT2D eigenvalue weighted by atomic mass is 16.4. The fourth-order valence-electron chi connectivity index (χ4n) is 2.31. The minimum Gasteiger partial charge on any atom is -0.478 e. The van der Waals surface area contributed by atoms with Gasteiger partial charge in [-0.15, -0.1) is 0 Å². The van der Waals surface area contributed by atoms with Gasteiger partial charge in [0.05, 0.1) is 16.7 Å². The molecule has 0 saturated heterocycles. The van der Waals surface area contributed by atoms with E-state index in [1.165, 1.54) is 12.1 Å². The molecule has 0 unspecified atom stereocenters. The lowest BCUT2D eigenvalue weighted by Gasteiger charge is -2.00. The average molecular weight is 293 g/mol. The van der Waals surface area contributed by atoms with Crippen LogP contribution in [0.25, 0.3) is 12.2 Å². The number of fused-ring (bicyclic) bond motifs is 1. The summed E-state index contributed by atoms with van der Waals surface area (Å²) in [6, 6.07) is 11.4. The molecule has 0 atom stereocenters. The van der Waals surface area contributed by atoms with Gasteiger partial charge in [-0.25, -0.2) is 4.79 Å². The van der Waals surface area contributed by atoms with Crippen LogP contribution in [0.1, 0.15) is 42.2 Å². The predicted molar refractivity (Wildman–Crippen MR) is 80.6 cm³/mol. The average Bonchev–Trinajstić information content (AvgIpc) is 2.81. The molecule has 1 heterocycles. The second-order valence-electron chi connectivity index (χ2n) is 4.81. The second-order valence-corrected chi connectivity index (χ2v) is 4.81. The van der Waals surface area contributed by atoms with Crippen molar-refractivity contribution in [3.05, 3.63) is 70.3 Å². The lowest BCUT2D eigenvalue weighted by atomic mass is 10.0.